The minimum Gasteiger partial charge on any atom is -0.354 e. The van der Waals surface area contributed by atoms with Gasteiger partial charge in [-0.3, -0.25) is 0 Å². The minimum absolute atomic E-state index is 0.240. The highest BCUT2D eigenvalue weighted by molar-refractivity contribution is 9.10. The van der Waals surface area contributed by atoms with E-state index in [2.05, 4.69) is 20.9 Å². The molecule has 0 saturated heterocycles. The fraction of sp³-hybridized carbons (Fsp3) is 0.154. The topological polar surface area (TPSA) is 16.1 Å². The van der Waals surface area contributed by atoms with E-state index in [9.17, 15) is 4.39 Å². The number of hydrogen-bond donors (Lipinski definition) is 0. The zero-order valence-corrected chi connectivity index (χ0v) is 12.0. The van der Waals surface area contributed by atoms with Crippen LogP contribution in [0.25, 0.3) is 0 Å². The van der Waals surface area contributed by atoms with E-state index in [1.54, 1.807) is 18.3 Å². The molecule has 0 N–H and O–H groups in total. The van der Waals surface area contributed by atoms with Gasteiger partial charge in [0.25, 0.3) is 0 Å². The van der Waals surface area contributed by atoms with Crippen molar-refractivity contribution < 1.29 is 4.39 Å². The van der Waals surface area contributed by atoms with Crippen LogP contribution in [0.1, 0.15) is 5.56 Å². The molecule has 0 unspecified atom stereocenters. The van der Waals surface area contributed by atoms with Gasteiger partial charge in [0.1, 0.15) is 11.6 Å². The Morgan fingerprint density at radius 2 is 2.17 bits per heavy atom. The number of hydrogen-bond acceptors (Lipinski definition) is 2. The predicted octanol–water partition coefficient (Wildman–Crippen LogP) is 4.27. The smallest absolute Gasteiger partial charge is 0.147 e. The molecule has 2 rings (SSSR count). The largest absolute Gasteiger partial charge is 0.354 e. The summed E-state index contributed by atoms with van der Waals surface area (Å²) >= 11 is 9.42. The number of aromatic nitrogens is 1. The first kappa shape index (κ1) is 13.3. The van der Waals surface area contributed by atoms with E-state index in [0.29, 0.717) is 17.4 Å². The number of pyridine rings is 1. The zero-order chi connectivity index (χ0) is 13.1. The maximum Gasteiger partial charge on any atom is 0.147 e. The number of anilines is 1. The normalized spacial score (nSPS) is 10.4. The second-order valence-corrected chi connectivity index (χ2v) is 5.27. The van der Waals surface area contributed by atoms with Crippen molar-refractivity contribution in [3.05, 3.63) is 57.4 Å². The van der Waals surface area contributed by atoms with Crippen molar-refractivity contribution in [3.63, 3.8) is 0 Å². The molecule has 0 aliphatic rings. The van der Waals surface area contributed by atoms with Crippen LogP contribution >= 0.6 is 27.5 Å². The molecule has 1 heterocycles. The average Bonchev–Trinajstić information content (AvgIpc) is 2.28. The molecule has 0 aliphatic carbocycles. The second-order valence-electron chi connectivity index (χ2n) is 3.94. The molecule has 0 amide bonds. The first-order valence-electron chi connectivity index (χ1n) is 5.33. The van der Waals surface area contributed by atoms with E-state index in [1.807, 2.05) is 18.0 Å². The van der Waals surface area contributed by atoms with Crippen molar-refractivity contribution in [1.29, 1.82) is 0 Å². The Hall–Kier alpha value is -1.13. The van der Waals surface area contributed by atoms with Gasteiger partial charge >= 0.3 is 0 Å². The van der Waals surface area contributed by atoms with Gasteiger partial charge in [-0.1, -0.05) is 23.7 Å². The molecular formula is C13H11BrClFN2. The molecule has 0 spiro atoms. The van der Waals surface area contributed by atoms with E-state index in [4.69, 9.17) is 11.6 Å². The minimum atomic E-state index is -0.240. The molecule has 94 valence electrons. The van der Waals surface area contributed by atoms with Gasteiger partial charge in [-0.15, -0.1) is 0 Å². The third-order valence-electron chi connectivity index (χ3n) is 2.46. The molecule has 0 fully saturated rings. The fourth-order valence-electron chi connectivity index (χ4n) is 1.67. The molecule has 2 nitrogen and oxygen atoms in total. The molecule has 2 aromatic rings. The van der Waals surface area contributed by atoms with Gasteiger partial charge in [0.05, 0.1) is 5.02 Å². The van der Waals surface area contributed by atoms with Gasteiger partial charge in [0.15, 0.2) is 0 Å². The summed E-state index contributed by atoms with van der Waals surface area (Å²) in [5.74, 6) is 0.430. The van der Waals surface area contributed by atoms with Crippen LogP contribution < -0.4 is 4.90 Å². The quantitative estimate of drug-likeness (QED) is 0.836. The second kappa shape index (κ2) is 5.67. The molecule has 0 saturated carbocycles. The lowest BCUT2D eigenvalue weighted by Gasteiger charge is -2.19. The number of halogens is 3. The summed E-state index contributed by atoms with van der Waals surface area (Å²) in [7, 11) is 1.87. The molecule has 0 radical (unpaired) electrons. The SMILES string of the molecule is CN(Cc1cccc(F)c1)c1ncc(Br)cc1Cl. The first-order valence-corrected chi connectivity index (χ1v) is 6.50. The summed E-state index contributed by atoms with van der Waals surface area (Å²) in [6.45, 7) is 0.548. The van der Waals surface area contributed by atoms with E-state index in [1.165, 1.54) is 12.1 Å². The zero-order valence-electron chi connectivity index (χ0n) is 9.70. The summed E-state index contributed by atoms with van der Waals surface area (Å²) in [6, 6.07) is 8.27. The Kier molecular flexibility index (Phi) is 4.19. The van der Waals surface area contributed by atoms with Crippen molar-refractivity contribution >= 4 is 33.3 Å². The lowest BCUT2D eigenvalue weighted by molar-refractivity contribution is 0.625. The summed E-state index contributed by atoms with van der Waals surface area (Å²) in [6.07, 6.45) is 1.68. The Labute approximate surface area is 119 Å². The average molecular weight is 330 g/mol. The Balaban J connectivity index is 2.19. The van der Waals surface area contributed by atoms with Crippen LogP contribution in [-0.2, 0) is 6.54 Å². The summed E-state index contributed by atoms with van der Waals surface area (Å²) < 4.78 is 13.9. The molecule has 18 heavy (non-hydrogen) atoms. The highest BCUT2D eigenvalue weighted by Gasteiger charge is 2.09. The Morgan fingerprint density at radius 3 is 2.83 bits per heavy atom. The lowest BCUT2D eigenvalue weighted by atomic mass is 10.2. The van der Waals surface area contributed by atoms with E-state index >= 15 is 0 Å². The van der Waals surface area contributed by atoms with Crippen LogP contribution in [0.2, 0.25) is 5.02 Å². The molecule has 0 aliphatic heterocycles. The summed E-state index contributed by atoms with van der Waals surface area (Å²) in [5, 5.41) is 0.559. The Morgan fingerprint density at radius 1 is 1.39 bits per heavy atom. The van der Waals surface area contributed by atoms with E-state index in [-0.39, 0.29) is 5.82 Å². The molecule has 1 aromatic heterocycles. The van der Waals surface area contributed by atoms with Gasteiger partial charge in [-0.25, -0.2) is 9.37 Å². The van der Waals surface area contributed by atoms with Crippen molar-refractivity contribution in [2.24, 2.45) is 0 Å². The highest BCUT2D eigenvalue weighted by atomic mass is 79.9. The van der Waals surface area contributed by atoms with Gasteiger partial charge < -0.3 is 4.90 Å². The maximum atomic E-state index is 13.1. The highest BCUT2D eigenvalue weighted by Crippen LogP contribution is 2.26. The monoisotopic (exact) mass is 328 g/mol. The van der Waals surface area contributed by atoms with Crippen LogP contribution in [0.4, 0.5) is 10.2 Å². The molecule has 5 heteroatoms. The molecular weight excluding hydrogens is 319 g/mol. The third kappa shape index (κ3) is 3.21. The van der Waals surface area contributed by atoms with Gasteiger partial charge in [0.2, 0.25) is 0 Å². The Bertz CT molecular complexity index is 562. The number of benzene rings is 1. The molecule has 0 bridgehead atoms. The summed E-state index contributed by atoms with van der Waals surface area (Å²) in [5.41, 5.74) is 0.873. The third-order valence-corrected chi connectivity index (χ3v) is 3.17. The molecule has 0 atom stereocenters. The van der Waals surface area contributed by atoms with Crippen LogP contribution in [-0.4, -0.2) is 12.0 Å². The number of nitrogens with zero attached hydrogens (tertiary/aromatic N) is 2. The van der Waals surface area contributed by atoms with Crippen molar-refractivity contribution in [3.8, 4) is 0 Å². The maximum absolute atomic E-state index is 13.1. The van der Waals surface area contributed by atoms with Crippen molar-refractivity contribution in [1.82, 2.24) is 4.98 Å². The van der Waals surface area contributed by atoms with Crippen LogP contribution in [0.3, 0.4) is 0 Å². The van der Waals surface area contributed by atoms with Crippen molar-refractivity contribution in [2.45, 2.75) is 6.54 Å². The van der Waals surface area contributed by atoms with E-state index in [0.717, 1.165) is 10.0 Å². The first-order chi connectivity index (χ1) is 8.56. The fourth-order valence-corrected chi connectivity index (χ4v) is 2.45. The molecule has 1 aromatic carbocycles. The standard InChI is InChI=1S/C13H11BrClFN2/c1-18(8-9-3-2-4-11(16)5-9)13-12(15)6-10(14)7-17-13/h2-7H,8H2,1H3. The van der Waals surface area contributed by atoms with E-state index < -0.39 is 0 Å². The number of rotatable bonds is 3. The van der Waals surface area contributed by atoms with Gasteiger partial charge in [-0.05, 0) is 39.7 Å². The van der Waals surface area contributed by atoms with Crippen LogP contribution in [0.5, 0.6) is 0 Å². The van der Waals surface area contributed by atoms with Crippen molar-refractivity contribution in [2.75, 3.05) is 11.9 Å². The van der Waals surface area contributed by atoms with Gasteiger partial charge in [0, 0.05) is 24.3 Å². The van der Waals surface area contributed by atoms with Crippen LogP contribution in [0, 0.1) is 5.82 Å². The summed E-state index contributed by atoms with van der Waals surface area (Å²) in [4.78, 5) is 6.13. The van der Waals surface area contributed by atoms with Crippen LogP contribution in [0.15, 0.2) is 41.0 Å². The predicted molar refractivity (Wildman–Crippen MR) is 75.5 cm³/mol. The lowest BCUT2D eigenvalue weighted by Crippen LogP contribution is -2.18. The van der Waals surface area contributed by atoms with Gasteiger partial charge in [-0.2, -0.15) is 0 Å².